The van der Waals surface area contributed by atoms with E-state index >= 15 is 0 Å². The number of carboxylic acids is 2. The number of guanidine groups is 1. The molecule has 0 bridgehead atoms. The van der Waals surface area contributed by atoms with Gasteiger partial charge in [0.15, 0.2) is 5.96 Å². The zero-order chi connectivity index (χ0) is 50.9. The van der Waals surface area contributed by atoms with Gasteiger partial charge >= 0.3 is 11.9 Å². The Labute approximate surface area is 392 Å². The third-order valence-corrected chi connectivity index (χ3v) is 10.2. The molecule has 0 unspecified atom stereocenters. The Morgan fingerprint density at radius 3 is 1.88 bits per heavy atom. The van der Waals surface area contributed by atoms with Gasteiger partial charge in [0.1, 0.15) is 42.0 Å². The maximum Gasteiger partial charge on any atom is 0.326 e. The van der Waals surface area contributed by atoms with Crippen molar-refractivity contribution in [3.8, 4) is 5.75 Å². The fourth-order valence-corrected chi connectivity index (χ4v) is 6.38. The van der Waals surface area contributed by atoms with Crippen molar-refractivity contribution >= 4 is 59.2 Å². The van der Waals surface area contributed by atoms with Crippen molar-refractivity contribution < 1.29 is 58.5 Å². The average molecular weight is 959 g/mol. The summed E-state index contributed by atoms with van der Waals surface area (Å²) >= 11 is 0. The van der Waals surface area contributed by atoms with E-state index in [-0.39, 0.29) is 43.9 Å². The molecule has 26 heteroatoms. The molecule has 7 atom stereocenters. The molecule has 0 saturated carbocycles. The average Bonchev–Trinajstić information content (AvgIpc) is 3.79. The number of hydrogen-bond acceptors (Lipinski definition) is 14. The lowest BCUT2D eigenvalue weighted by Gasteiger charge is -2.27. The largest absolute Gasteiger partial charge is 0.508 e. The highest BCUT2D eigenvalue weighted by Crippen LogP contribution is 2.13. The van der Waals surface area contributed by atoms with Crippen LogP contribution in [0.2, 0.25) is 0 Å². The van der Waals surface area contributed by atoms with Crippen molar-refractivity contribution in [2.24, 2.45) is 33.8 Å². The molecule has 7 amide bonds. The summed E-state index contributed by atoms with van der Waals surface area (Å²) in [6.07, 6.45) is 2.92. The second kappa shape index (κ2) is 29.3. The molecule has 26 nitrogen and oxygen atoms in total. The highest BCUT2D eigenvalue weighted by atomic mass is 16.4. The Bertz CT molecular complexity index is 2030. The van der Waals surface area contributed by atoms with E-state index in [0.29, 0.717) is 37.1 Å². The quantitative estimate of drug-likeness (QED) is 0.0195. The summed E-state index contributed by atoms with van der Waals surface area (Å²) in [6.45, 7) is 4.28. The Hall–Kier alpha value is -7.35. The summed E-state index contributed by atoms with van der Waals surface area (Å²) in [5.41, 5.74) is 23.1. The molecule has 68 heavy (non-hydrogen) atoms. The molecule has 0 radical (unpaired) electrons. The first kappa shape index (κ1) is 56.8. The third kappa shape index (κ3) is 21.3. The van der Waals surface area contributed by atoms with Crippen LogP contribution in [0.1, 0.15) is 77.0 Å². The highest BCUT2D eigenvalue weighted by molar-refractivity contribution is 5.97. The molecule has 0 spiro atoms. The Balaban J connectivity index is 2.33. The predicted molar refractivity (Wildman–Crippen MR) is 245 cm³/mol. The van der Waals surface area contributed by atoms with Gasteiger partial charge in [-0.2, -0.15) is 0 Å². The first-order valence-electron chi connectivity index (χ1n) is 21.9. The zero-order valence-corrected chi connectivity index (χ0v) is 38.3. The van der Waals surface area contributed by atoms with Crippen LogP contribution in [-0.4, -0.2) is 146 Å². The molecule has 0 aliphatic carbocycles. The molecule has 0 fully saturated rings. The number of unbranched alkanes of at least 4 members (excludes halogenated alkanes) is 1. The van der Waals surface area contributed by atoms with Crippen molar-refractivity contribution in [2.75, 3.05) is 19.6 Å². The smallest absolute Gasteiger partial charge is 0.326 e. The molecular formula is C42H66N14O12. The summed E-state index contributed by atoms with van der Waals surface area (Å²) in [7, 11) is 0. The van der Waals surface area contributed by atoms with Crippen molar-refractivity contribution in [2.45, 2.75) is 121 Å². The molecule has 1 heterocycles. The van der Waals surface area contributed by atoms with E-state index in [1.54, 1.807) is 13.8 Å². The number of benzene rings is 1. The van der Waals surface area contributed by atoms with Gasteiger partial charge in [-0.15, -0.1) is 0 Å². The number of phenolic OH excluding ortho intramolecular Hbond substituents is 1. The third-order valence-electron chi connectivity index (χ3n) is 10.2. The molecule has 19 N–H and O–H groups in total. The number of aromatic amines is 1. The number of amides is 7. The number of nitrogens with one attached hydrogen (secondary N) is 8. The van der Waals surface area contributed by atoms with Crippen LogP contribution in [0.25, 0.3) is 0 Å². The molecule has 376 valence electrons. The number of nitrogens with zero attached hydrogens (tertiary/aromatic N) is 2. The number of aliphatic imine (C=N–C) groups is 1. The standard InChI is InChI=1S/C42H66N14O12/c1-22(2)34(41(67)68)56-38(64)28(8-6-16-48-42(45)46)54-37(63)29(13-14-33(59)60)53-35(61)23(3)51-39(65)30(17-24-9-11-26(57)12-10-24)55-40(66)31(18-25-19-47-21-50-25)52-32(58)20-49-36(62)27(44)7-4-5-15-43/h9-12,19,21-23,27-31,34,57H,4-8,13-18,20,43-44H2,1-3H3,(H,47,50)(H,49,62)(H,51,65)(H,52,58)(H,53,61)(H,54,63)(H,55,66)(H,56,64)(H,59,60)(H,67,68)(H4,45,46,48)/t23-,27-,28-,29-,30-,31-,34-/m0/s1. The summed E-state index contributed by atoms with van der Waals surface area (Å²) in [6, 6.07) is -3.81. The van der Waals surface area contributed by atoms with E-state index in [1.165, 1.54) is 43.7 Å². The predicted octanol–water partition coefficient (Wildman–Crippen LogP) is -3.94. The minimum Gasteiger partial charge on any atom is -0.508 e. The van der Waals surface area contributed by atoms with Gasteiger partial charge in [0.25, 0.3) is 0 Å². The number of aromatic nitrogens is 2. The van der Waals surface area contributed by atoms with Gasteiger partial charge in [-0.25, -0.2) is 9.78 Å². The number of phenols is 1. The molecule has 0 aliphatic rings. The number of carboxylic acid groups (broad SMARTS) is 2. The van der Waals surface area contributed by atoms with E-state index < -0.39 is 121 Å². The Morgan fingerprint density at radius 1 is 0.706 bits per heavy atom. The van der Waals surface area contributed by atoms with E-state index in [1.807, 2.05) is 0 Å². The number of rotatable bonds is 31. The monoisotopic (exact) mass is 958 g/mol. The lowest BCUT2D eigenvalue weighted by molar-refractivity contribution is -0.143. The van der Waals surface area contributed by atoms with Gasteiger partial charge in [-0.3, -0.25) is 43.3 Å². The van der Waals surface area contributed by atoms with Gasteiger partial charge in [-0.1, -0.05) is 32.4 Å². The number of hydrogen-bond donors (Lipinski definition) is 15. The first-order chi connectivity index (χ1) is 32.1. The van der Waals surface area contributed by atoms with Crippen molar-refractivity contribution in [1.29, 1.82) is 0 Å². The fourth-order valence-electron chi connectivity index (χ4n) is 6.38. The van der Waals surface area contributed by atoms with Gasteiger partial charge in [0.05, 0.1) is 18.9 Å². The lowest BCUT2D eigenvalue weighted by atomic mass is 10.0. The molecular weight excluding hydrogens is 893 g/mol. The molecule has 1 aromatic carbocycles. The van der Waals surface area contributed by atoms with E-state index in [2.05, 4.69) is 52.2 Å². The second-order valence-corrected chi connectivity index (χ2v) is 16.2. The number of carbonyl (C=O) groups excluding carboxylic acids is 7. The number of carbonyl (C=O) groups is 9. The Morgan fingerprint density at radius 2 is 1.29 bits per heavy atom. The van der Waals surface area contributed by atoms with E-state index in [9.17, 15) is 58.5 Å². The van der Waals surface area contributed by atoms with Crippen LogP contribution in [0.15, 0.2) is 41.8 Å². The highest BCUT2D eigenvalue weighted by Gasteiger charge is 2.33. The molecule has 2 aromatic rings. The maximum atomic E-state index is 14.0. The zero-order valence-electron chi connectivity index (χ0n) is 38.3. The maximum absolute atomic E-state index is 14.0. The van der Waals surface area contributed by atoms with Crippen LogP contribution in [0, 0.1) is 5.92 Å². The van der Waals surface area contributed by atoms with E-state index in [4.69, 9.17) is 22.9 Å². The van der Waals surface area contributed by atoms with Crippen LogP contribution < -0.4 is 60.2 Å². The first-order valence-corrected chi connectivity index (χ1v) is 21.9. The lowest BCUT2D eigenvalue weighted by Crippen LogP contribution is -2.59. The van der Waals surface area contributed by atoms with Crippen molar-refractivity contribution in [3.05, 3.63) is 48.0 Å². The van der Waals surface area contributed by atoms with Crippen LogP contribution >= 0.6 is 0 Å². The minimum absolute atomic E-state index is 0.0322. The number of imidazole rings is 1. The second-order valence-electron chi connectivity index (χ2n) is 16.2. The number of aromatic hydroxyl groups is 1. The number of nitrogens with two attached hydrogens (primary N) is 4. The molecule has 0 saturated heterocycles. The SMILES string of the molecule is CC(C)[C@H](NC(=O)[C@H](CCCN=C(N)N)NC(=O)[C@H](CCC(=O)O)NC(=O)[C@H](C)NC(=O)[C@H](Cc1ccc(O)cc1)NC(=O)[C@H](Cc1cnc[nH]1)NC(=O)CNC(=O)[C@@H](N)CCCCN)C(=O)O. The van der Waals surface area contributed by atoms with Crippen LogP contribution in [-0.2, 0) is 56.0 Å². The van der Waals surface area contributed by atoms with Gasteiger partial charge < -0.3 is 80.5 Å². The van der Waals surface area contributed by atoms with Crippen LogP contribution in [0.4, 0.5) is 0 Å². The number of H-pyrrole nitrogens is 1. The molecule has 1 aromatic heterocycles. The topological polar surface area (TPSA) is 444 Å². The Kier molecular flexibility index (Phi) is 24.5. The van der Waals surface area contributed by atoms with Crippen molar-refractivity contribution in [3.63, 3.8) is 0 Å². The van der Waals surface area contributed by atoms with E-state index in [0.717, 1.165) is 0 Å². The van der Waals surface area contributed by atoms with Gasteiger partial charge in [0, 0.05) is 37.7 Å². The number of aliphatic carboxylic acids is 2. The fraction of sp³-hybridized carbons (Fsp3) is 0.548. The van der Waals surface area contributed by atoms with Crippen molar-refractivity contribution in [1.82, 2.24) is 47.2 Å². The minimum atomic E-state index is -1.60. The normalized spacial score (nSPS) is 14.0. The van der Waals surface area contributed by atoms with Gasteiger partial charge in [0.2, 0.25) is 41.4 Å². The summed E-state index contributed by atoms with van der Waals surface area (Å²) in [4.78, 5) is 128. The summed E-state index contributed by atoms with van der Waals surface area (Å²) in [5.74, 6) is -9.56. The summed E-state index contributed by atoms with van der Waals surface area (Å²) < 4.78 is 0. The molecule has 2 rings (SSSR count). The van der Waals surface area contributed by atoms with Crippen LogP contribution in [0.5, 0.6) is 5.75 Å². The summed E-state index contributed by atoms with van der Waals surface area (Å²) in [5, 5.41) is 46.2. The van der Waals surface area contributed by atoms with Crippen LogP contribution in [0.3, 0.4) is 0 Å². The van der Waals surface area contributed by atoms with Gasteiger partial charge in [-0.05, 0) is 69.2 Å². The molecule has 0 aliphatic heterocycles.